The van der Waals surface area contributed by atoms with Gasteiger partial charge in [0.25, 0.3) is 5.91 Å². The van der Waals surface area contributed by atoms with Crippen LogP contribution in [0.5, 0.6) is 0 Å². The van der Waals surface area contributed by atoms with Gasteiger partial charge in [-0.15, -0.1) is 0 Å². The van der Waals surface area contributed by atoms with Crippen molar-refractivity contribution in [2.24, 2.45) is 0 Å². The van der Waals surface area contributed by atoms with Crippen molar-refractivity contribution in [1.29, 1.82) is 0 Å². The maximum atomic E-state index is 12.8. The smallest absolute Gasteiger partial charge is 0.268 e. The van der Waals surface area contributed by atoms with E-state index in [0.717, 1.165) is 24.3 Å². The monoisotopic (exact) mass is 378 g/mol. The lowest BCUT2D eigenvalue weighted by atomic mass is 10.1. The molecule has 3 N–H and O–H groups in total. The molecule has 1 aromatic heterocycles. The van der Waals surface area contributed by atoms with Crippen LogP contribution in [0.3, 0.4) is 0 Å². The van der Waals surface area contributed by atoms with Gasteiger partial charge in [-0.25, -0.2) is 4.98 Å². The van der Waals surface area contributed by atoms with Crippen LogP contribution in [0.2, 0.25) is 0 Å². The largest absolute Gasteiger partial charge is 0.375 e. The maximum Gasteiger partial charge on any atom is 0.268 e. The topological polar surface area (TPSA) is 71.2 Å². The maximum absolute atomic E-state index is 12.8. The van der Waals surface area contributed by atoms with E-state index >= 15 is 0 Å². The standard InChI is InChI=1S/C21H22N4OS/c22-21-24-18(15-7-3-1-4-8-15)19(27-21)20(26)23-16-9-11-17(12-10-16)25-13-5-2-6-14-25/h1,3-4,7-12H,2,5-6,13-14H2,(H2,22,24)(H,23,26). The summed E-state index contributed by atoms with van der Waals surface area (Å²) in [6, 6.07) is 17.7. The number of nitrogen functional groups attached to an aromatic ring is 1. The third kappa shape index (κ3) is 3.95. The number of carbonyl (C=O) groups excluding carboxylic acids is 1. The molecule has 1 aliphatic heterocycles. The quantitative estimate of drug-likeness (QED) is 0.694. The summed E-state index contributed by atoms with van der Waals surface area (Å²) in [6.07, 6.45) is 3.80. The molecular formula is C21H22N4OS. The molecule has 1 amide bonds. The number of nitrogens with zero attached hydrogens (tertiary/aromatic N) is 2. The van der Waals surface area contributed by atoms with Crippen LogP contribution in [0, 0.1) is 0 Å². The van der Waals surface area contributed by atoms with Gasteiger partial charge < -0.3 is 16.0 Å². The molecular weight excluding hydrogens is 356 g/mol. The number of rotatable bonds is 4. The summed E-state index contributed by atoms with van der Waals surface area (Å²) in [5, 5.41) is 3.36. The number of hydrogen-bond acceptors (Lipinski definition) is 5. The Morgan fingerprint density at radius 2 is 1.70 bits per heavy atom. The van der Waals surface area contributed by atoms with Crippen molar-refractivity contribution in [3.63, 3.8) is 0 Å². The fraction of sp³-hybridized carbons (Fsp3) is 0.238. The van der Waals surface area contributed by atoms with E-state index in [1.54, 1.807) is 0 Å². The summed E-state index contributed by atoms with van der Waals surface area (Å²) in [5.74, 6) is -0.186. The van der Waals surface area contributed by atoms with Crippen LogP contribution in [0.25, 0.3) is 11.3 Å². The van der Waals surface area contributed by atoms with Crippen molar-refractivity contribution >= 4 is 33.8 Å². The Labute approximate surface area is 162 Å². The van der Waals surface area contributed by atoms with Crippen LogP contribution < -0.4 is 16.0 Å². The van der Waals surface area contributed by atoms with Crippen LogP contribution in [-0.4, -0.2) is 24.0 Å². The zero-order valence-corrected chi connectivity index (χ0v) is 15.8. The number of nitrogens with one attached hydrogen (secondary N) is 1. The van der Waals surface area contributed by atoms with Gasteiger partial charge in [0, 0.05) is 30.0 Å². The summed E-state index contributed by atoms with van der Waals surface area (Å²) in [4.78, 5) is 20.1. The van der Waals surface area contributed by atoms with Crippen molar-refractivity contribution in [1.82, 2.24) is 4.98 Å². The Bertz CT molecular complexity index is 915. The molecule has 0 atom stereocenters. The van der Waals surface area contributed by atoms with E-state index in [1.807, 2.05) is 42.5 Å². The number of anilines is 3. The minimum absolute atomic E-state index is 0.186. The molecule has 1 aliphatic rings. The summed E-state index contributed by atoms with van der Waals surface area (Å²) in [7, 11) is 0. The molecule has 138 valence electrons. The van der Waals surface area contributed by atoms with Gasteiger partial charge in [-0.1, -0.05) is 41.7 Å². The van der Waals surface area contributed by atoms with E-state index < -0.39 is 0 Å². The fourth-order valence-corrected chi connectivity index (χ4v) is 4.13. The van der Waals surface area contributed by atoms with Gasteiger partial charge >= 0.3 is 0 Å². The molecule has 2 heterocycles. The highest BCUT2D eigenvalue weighted by atomic mass is 32.1. The lowest BCUT2D eigenvalue weighted by Crippen LogP contribution is -2.29. The zero-order chi connectivity index (χ0) is 18.6. The first-order valence-corrected chi connectivity index (χ1v) is 10.0. The first-order chi connectivity index (χ1) is 13.2. The number of nitrogens with two attached hydrogens (primary N) is 1. The summed E-state index contributed by atoms with van der Waals surface area (Å²) in [5.41, 5.74) is 9.36. The highest BCUT2D eigenvalue weighted by Crippen LogP contribution is 2.30. The predicted octanol–water partition coefficient (Wildman–Crippen LogP) is 4.63. The molecule has 1 fully saturated rings. The van der Waals surface area contributed by atoms with Crippen LogP contribution in [0.1, 0.15) is 28.9 Å². The Morgan fingerprint density at radius 3 is 2.41 bits per heavy atom. The summed E-state index contributed by atoms with van der Waals surface area (Å²) < 4.78 is 0. The second-order valence-electron chi connectivity index (χ2n) is 6.64. The Hall–Kier alpha value is -2.86. The van der Waals surface area contributed by atoms with Crippen LogP contribution >= 0.6 is 11.3 Å². The fourth-order valence-electron chi connectivity index (χ4n) is 3.38. The minimum Gasteiger partial charge on any atom is -0.375 e. The number of amides is 1. The van der Waals surface area contributed by atoms with Gasteiger partial charge in [0.05, 0.1) is 5.69 Å². The molecule has 0 radical (unpaired) electrons. The van der Waals surface area contributed by atoms with Crippen LogP contribution in [-0.2, 0) is 0 Å². The lowest BCUT2D eigenvalue weighted by Gasteiger charge is -2.28. The van der Waals surface area contributed by atoms with Crippen LogP contribution in [0.4, 0.5) is 16.5 Å². The Balaban J connectivity index is 1.51. The number of carbonyl (C=O) groups is 1. The Kier molecular flexibility index (Phi) is 5.07. The number of benzene rings is 2. The van der Waals surface area contributed by atoms with E-state index in [4.69, 9.17) is 5.73 Å². The lowest BCUT2D eigenvalue weighted by molar-refractivity contribution is 0.103. The predicted molar refractivity (Wildman–Crippen MR) is 112 cm³/mol. The van der Waals surface area contributed by atoms with Crippen molar-refractivity contribution in [3.05, 3.63) is 59.5 Å². The average molecular weight is 379 g/mol. The van der Waals surface area contributed by atoms with E-state index in [-0.39, 0.29) is 5.91 Å². The molecule has 1 saturated heterocycles. The molecule has 27 heavy (non-hydrogen) atoms. The van der Waals surface area contributed by atoms with Gasteiger partial charge in [0.1, 0.15) is 4.88 Å². The van der Waals surface area contributed by atoms with E-state index in [9.17, 15) is 4.79 Å². The van der Waals surface area contributed by atoms with Crippen LogP contribution in [0.15, 0.2) is 54.6 Å². The summed E-state index contributed by atoms with van der Waals surface area (Å²) in [6.45, 7) is 2.21. The molecule has 0 spiro atoms. The first kappa shape index (κ1) is 17.5. The van der Waals surface area contributed by atoms with Crippen molar-refractivity contribution in [2.75, 3.05) is 29.0 Å². The van der Waals surface area contributed by atoms with Crippen molar-refractivity contribution in [3.8, 4) is 11.3 Å². The summed E-state index contributed by atoms with van der Waals surface area (Å²) >= 11 is 1.21. The minimum atomic E-state index is -0.186. The molecule has 0 saturated carbocycles. The van der Waals surface area contributed by atoms with Gasteiger partial charge in [-0.2, -0.15) is 0 Å². The van der Waals surface area contributed by atoms with Gasteiger partial charge in [0.2, 0.25) is 0 Å². The van der Waals surface area contributed by atoms with E-state index in [0.29, 0.717) is 15.7 Å². The normalized spacial score (nSPS) is 14.1. The number of hydrogen-bond donors (Lipinski definition) is 2. The highest BCUT2D eigenvalue weighted by Gasteiger charge is 2.19. The highest BCUT2D eigenvalue weighted by molar-refractivity contribution is 7.17. The number of aromatic nitrogens is 1. The third-order valence-corrected chi connectivity index (χ3v) is 5.63. The van der Waals surface area contributed by atoms with Gasteiger partial charge in [0.15, 0.2) is 5.13 Å². The zero-order valence-electron chi connectivity index (χ0n) is 15.0. The SMILES string of the molecule is Nc1nc(-c2ccccc2)c(C(=O)Nc2ccc(N3CCCCC3)cc2)s1. The first-order valence-electron chi connectivity index (χ1n) is 9.19. The van der Waals surface area contributed by atoms with Crippen molar-refractivity contribution < 1.29 is 4.79 Å². The van der Waals surface area contributed by atoms with E-state index in [2.05, 4.69) is 27.3 Å². The molecule has 0 bridgehead atoms. The molecule has 5 nitrogen and oxygen atoms in total. The van der Waals surface area contributed by atoms with Gasteiger partial charge in [-0.3, -0.25) is 4.79 Å². The second-order valence-corrected chi connectivity index (χ2v) is 7.68. The molecule has 3 aromatic rings. The molecule has 6 heteroatoms. The average Bonchev–Trinajstić information content (AvgIpc) is 3.12. The molecule has 4 rings (SSSR count). The third-order valence-electron chi connectivity index (χ3n) is 4.74. The molecule has 0 aliphatic carbocycles. The number of thiazole rings is 1. The van der Waals surface area contributed by atoms with E-state index in [1.165, 1.54) is 36.3 Å². The van der Waals surface area contributed by atoms with Gasteiger partial charge in [-0.05, 0) is 43.5 Å². The molecule has 2 aromatic carbocycles. The molecule has 0 unspecified atom stereocenters. The number of piperidine rings is 1. The Morgan fingerprint density at radius 1 is 1.00 bits per heavy atom. The van der Waals surface area contributed by atoms with Crippen molar-refractivity contribution in [2.45, 2.75) is 19.3 Å². The second kappa shape index (κ2) is 7.80.